The van der Waals surface area contributed by atoms with Gasteiger partial charge in [0.05, 0.1) is 23.4 Å². The first kappa shape index (κ1) is 22.4. The number of nitrogens with zero attached hydrogens (tertiary/aromatic N) is 5. The van der Waals surface area contributed by atoms with Crippen LogP contribution in [0.3, 0.4) is 0 Å². The fourth-order valence-electron chi connectivity index (χ4n) is 3.02. The van der Waals surface area contributed by atoms with Crippen LogP contribution in [0.4, 0.5) is 24.8 Å². The number of nitrogens with one attached hydrogen (secondary N) is 2. The normalized spacial score (nSPS) is 11.4. The molecule has 0 aliphatic heterocycles. The van der Waals surface area contributed by atoms with Crippen LogP contribution in [0.25, 0.3) is 10.4 Å². The number of halogens is 3. The lowest BCUT2D eigenvalue weighted by atomic mass is 10.1. The van der Waals surface area contributed by atoms with Crippen molar-refractivity contribution in [2.45, 2.75) is 19.6 Å². The maximum absolute atomic E-state index is 12.9. The van der Waals surface area contributed by atoms with Crippen molar-refractivity contribution in [3.8, 4) is 10.4 Å². The van der Waals surface area contributed by atoms with Crippen molar-refractivity contribution in [1.82, 2.24) is 29.8 Å². The van der Waals surface area contributed by atoms with Gasteiger partial charge in [-0.25, -0.2) is 19.9 Å². The third-order valence-electron chi connectivity index (χ3n) is 4.61. The van der Waals surface area contributed by atoms with E-state index in [4.69, 9.17) is 0 Å². The van der Waals surface area contributed by atoms with Crippen molar-refractivity contribution in [3.63, 3.8) is 0 Å². The van der Waals surface area contributed by atoms with Crippen LogP contribution < -0.4 is 10.6 Å². The molecule has 0 saturated carbocycles. The molecular formula is C21H18F3N7OS. The SMILES string of the molecule is Cc1cc(Nc2nccc(C(F)(F)F)n2)cc(-c2cnc(C(=O)NCc3cncn3C)s2)c1. The Hall–Kier alpha value is -3.80. The third kappa shape index (κ3) is 5.34. The van der Waals surface area contributed by atoms with E-state index in [2.05, 4.69) is 30.6 Å². The number of amides is 1. The number of hydrogen-bond acceptors (Lipinski definition) is 7. The Morgan fingerprint density at radius 1 is 1.18 bits per heavy atom. The summed E-state index contributed by atoms with van der Waals surface area (Å²) in [5, 5.41) is 5.92. The largest absolute Gasteiger partial charge is 0.433 e. The molecule has 170 valence electrons. The quantitative estimate of drug-likeness (QED) is 0.433. The predicted octanol–water partition coefficient (Wildman–Crippen LogP) is 4.33. The average Bonchev–Trinajstić information content (AvgIpc) is 3.40. The fraction of sp³-hybridized carbons (Fsp3) is 0.190. The van der Waals surface area contributed by atoms with Crippen LogP contribution in [-0.2, 0) is 19.8 Å². The molecule has 3 aromatic heterocycles. The molecule has 1 aromatic carbocycles. The molecule has 4 rings (SSSR count). The van der Waals surface area contributed by atoms with E-state index in [-0.39, 0.29) is 11.9 Å². The van der Waals surface area contributed by atoms with Crippen molar-refractivity contribution >= 4 is 28.9 Å². The minimum atomic E-state index is -4.56. The Balaban J connectivity index is 1.51. The number of benzene rings is 1. The van der Waals surface area contributed by atoms with Gasteiger partial charge in [-0.05, 0) is 36.2 Å². The number of thiazole rings is 1. The van der Waals surface area contributed by atoms with Crippen LogP contribution in [-0.4, -0.2) is 30.4 Å². The summed E-state index contributed by atoms with van der Waals surface area (Å²) in [6.45, 7) is 2.17. The van der Waals surface area contributed by atoms with Gasteiger partial charge in [-0.15, -0.1) is 11.3 Å². The molecule has 8 nitrogen and oxygen atoms in total. The van der Waals surface area contributed by atoms with E-state index < -0.39 is 11.9 Å². The lowest BCUT2D eigenvalue weighted by Gasteiger charge is -2.10. The number of carbonyl (C=O) groups excluding carboxylic acids is 1. The van der Waals surface area contributed by atoms with E-state index in [1.54, 1.807) is 30.9 Å². The molecule has 0 fully saturated rings. The van der Waals surface area contributed by atoms with Crippen LogP contribution in [0.1, 0.15) is 26.8 Å². The van der Waals surface area contributed by atoms with E-state index in [1.807, 2.05) is 24.6 Å². The standard InChI is InChI=1S/C21H18F3N7OS/c1-12-5-13(7-14(6-12)29-20-26-4-3-17(30-20)21(22,23)24)16-10-28-19(33-16)18(32)27-9-15-8-25-11-31(15)2/h3-8,10-11H,9H2,1-2H3,(H,27,32)(H,26,29,30). The minimum Gasteiger partial charge on any atom is -0.344 e. The molecule has 1 amide bonds. The van der Waals surface area contributed by atoms with Crippen molar-refractivity contribution in [3.05, 3.63) is 71.1 Å². The highest BCUT2D eigenvalue weighted by Gasteiger charge is 2.32. The maximum atomic E-state index is 12.9. The average molecular weight is 473 g/mol. The van der Waals surface area contributed by atoms with Crippen LogP contribution in [0.5, 0.6) is 0 Å². The van der Waals surface area contributed by atoms with E-state index in [1.165, 1.54) is 11.3 Å². The number of hydrogen-bond donors (Lipinski definition) is 2. The first-order chi connectivity index (χ1) is 15.7. The van der Waals surface area contributed by atoms with Gasteiger partial charge in [-0.3, -0.25) is 4.79 Å². The Bertz CT molecular complexity index is 1300. The smallest absolute Gasteiger partial charge is 0.344 e. The second kappa shape index (κ2) is 8.98. The molecule has 2 N–H and O–H groups in total. The molecule has 0 saturated heterocycles. The minimum absolute atomic E-state index is 0.166. The zero-order valence-corrected chi connectivity index (χ0v) is 18.3. The van der Waals surface area contributed by atoms with Gasteiger partial charge in [0.25, 0.3) is 5.91 Å². The number of anilines is 2. The molecule has 3 heterocycles. The Kier molecular flexibility index (Phi) is 6.09. The molecular weight excluding hydrogens is 455 g/mol. The fourth-order valence-corrected chi connectivity index (χ4v) is 3.84. The molecule has 0 atom stereocenters. The van der Waals surface area contributed by atoms with Crippen LogP contribution in [0.2, 0.25) is 0 Å². The molecule has 33 heavy (non-hydrogen) atoms. The van der Waals surface area contributed by atoms with E-state index >= 15 is 0 Å². The van der Waals surface area contributed by atoms with Gasteiger partial charge in [-0.1, -0.05) is 6.07 Å². The summed E-state index contributed by atoms with van der Waals surface area (Å²) >= 11 is 1.21. The van der Waals surface area contributed by atoms with Gasteiger partial charge >= 0.3 is 6.18 Å². The number of alkyl halides is 3. The van der Waals surface area contributed by atoms with Crippen LogP contribution >= 0.6 is 11.3 Å². The molecule has 0 radical (unpaired) electrons. The molecule has 12 heteroatoms. The number of imidazole rings is 1. The van der Waals surface area contributed by atoms with Crippen molar-refractivity contribution in [2.75, 3.05) is 5.32 Å². The van der Waals surface area contributed by atoms with Gasteiger partial charge in [0.2, 0.25) is 5.95 Å². The van der Waals surface area contributed by atoms with Crippen molar-refractivity contribution in [2.24, 2.45) is 7.05 Å². The summed E-state index contributed by atoms with van der Waals surface area (Å²) in [5.74, 6) is -0.475. The second-order valence-corrected chi connectivity index (χ2v) is 8.21. The third-order valence-corrected chi connectivity index (χ3v) is 5.66. The van der Waals surface area contributed by atoms with Crippen LogP contribution in [0.15, 0.2) is 49.2 Å². The Morgan fingerprint density at radius 2 is 2.00 bits per heavy atom. The van der Waals surface area contributed by atoms with Gasteiger partial charge in [0.1, 0.15) is 5.69 Å². The summed E-state index contributed by atoms with van der Waals surface area (Å²) in [6.07, 6.45) is 1.39. The first-order valence-electron chi connectivity index (χ1n) is 9.67. The predicted molar refractivity (Wildman–Crippen MR) is 117 cm³/mol. The highest BCUT2D eigenvalue weighted by molar-refractivity contribution is 7.17. The molecule has 0 unspecified atom stereocenters. The van der Waals surface area contributed by atoms with Gasteiger partial charge < -0.3 is 15.2 Å². The number of aromatic nitrogens is 5. The lowest BCUT2D eigenvalue weighted by molar-refractivity contribution is -0.141. The van der Waals surface area contributed by atoms with E-state index in [0.29, 0.717) is 17.2 Å². The monoisotopic (exact) mass is 473 g/mol. The number of carbonyl (C=O) groups is 1. The first-order valence-corrected chi connectivity index (χ1v) is 10.5. The second-order valence-electron chi connectivity index (χ2n) is 7.18. The molecule has 0 aliphatic rings. The van der Waals surface area contributed by atoms with Crippen molar-refractivity contribution in [1.29, 1.82) is 0 Å². The number of rotatable bonds is 6. The number of aryl methyl sites for hydroxylation is 2. The van der Waals surface area contributed by atoms with Gasteiger partial charge in [0, 0.05) is 31.3 Å². The van der Waals surface area contributed by atoms with Crippen molar-refractivity contribution < 1.29 is 18.0 Å². The molecule has 0 bridgehead atoms. The van der Waals surface area contributed by atoms with E-state index in [0.717, 1.165) is 34.0 Å². The molecule has 0 spiro atoms. The van der Waals surface area contributed by atoms with Gasteiger partial charge in [-0.2, -0.15) is 13.2 Å². The topological polar surface area (TPSA) is 97.6 Å². The lowest BCUT2D eigenvalue weighted by Crippen LogP contribution is -2.23. The summed E-state index contributed by atoms with van der Waals surface area (Å²) in [7, 11) is 1.84. The molecule has 0 aliphatic carbocycles. The summed E-state index contributed by atoms with van der Waals surface area (Å²) in [6, 6.07) is 6.20. The summed E-state index contributed by atoms with van der Waals surface area (Å²) < 4.78 is 40.6. The van der Waals surface area contributed by atoms with Gasteiger partial charge in [0.15, 0.2) is 5.01 Å². The van der Waals surface area contributed by atoms with E-state index in [9.17, 15) is 18.0 Å². The van der Waals surface area contributed by atoms with Crippen LogP contribution in [0, 0.1) is 6.92 Å². The maximum Gasteiger partial charge on any atom is 0.433 e. The highest BCUT2D eigenvalue weighted by Crippen LogP contribution is 2.31. The molecule has 4 aromatic rings. The summed E-state index contributed by atoms with van der Waals surface area (Å²) in [4.78, 5) is 28.8. The summed E-state index contributed by atoms with van der Waals surface area (Å²) in [5.41, 5.74) is 1.95. The zero-order valence-electron chi connectivity index (χ0n) is 17.5. The Labute approximate surface area is 190 Å². The zero-order chi connectivity index (χ0) is 23.6. The highest BCUT2D eigenvalue weighted by atomic mass is 32.1. The Morgan fingerprint density at radius 3 is 2.73 bits per heavy atom.